The zero-order valence-corrected chi connectivity index (χ0v) is 13.0. The minimum atomic E-state index is -0.344. The minimum absolute atomic E-state index is 0.116. The number of hydrogen-bond donors (Lipinski definition) is 1. The van der Waals surface area contributed by atoms with E-state index in [0.717, 1.165) is 15.8 Å². The Morgan fingerprint density at radius 1 is 1.68 bits per heavy atom. The highest BCUT2D eigenvalue weighted by atomic mass is 79.9. The molecule has 0 aromatic carbocycles. The van der Waals surface area contributed by atoms with Crippen molar-refractivity contribution in [2.75, 3.05) is 19.8 Å². The predicted molar refractivity (Wildman–Crippen MR) is 79.7 cm³/mol. The van der Waals surface area contributed by atoms with E-state index in [9.17, 15) is 4.79 Å². The highest BCUT2D eigenvalue weighted by molar-refractivity contribution is 9.10. The van der Waals surface area contributed by atoms with E-state index in [4.69, 9.17) is 10.00 Å². The lowest BCUT2D eigenvalue weighted by Crippen LogP contribution is -2.26. The van der Waals surface area contributed by atoms with Crippen molar-refractivity contribution in [1.82, 2.24) is 5.32 Å². The van der Waals surface area contributed by atoms with Crippen molar-refractivity contribution in [3.63, 3.8) is 0 Å². The topological polar surface area (TPSA) is 62.1 Å². The molecular weight excluding hydrogens is 328 g/mol. The standard InChI is InChI=1S/C13H15BrN2O2S/c1-2-18-5-3-4-16-13(17)10(8-15)6-12-7-11(14)9-19-12/h6-7,9H,2-5H2,1H3,(H,16,17)/b10-6+. The Bertz CT molecular complexity index is 491. The third kappa shape index (κ3) is 6.01. The van der Waals surface area contributed by atoms with E-state index in [2.05, 4.69) is 21.2 Å². The Kier molecular flexibility index (Phi) is 7.41. The van der Waals surface area contributed by atoms with Gasteiger partial charge in [0.25, 0.3) is 5.91 Å². The van der Waals surface area contributed by atoms with E-state index in [0.29, 0.717) is 19.8 Å². The molecule has 1 N–H and O–H groups in total. The van der Waals surface area contributed by atoms with Gasteiger partial charge >= 0.3 is 0 Å². The van der Waals surface area contributed by atoms with Crippen LogP contribution in [-0.2, 0) is 9.53 Å². The van der Waals surface area contributed by atoms with Crippen molar-refractivity contribution < 1.29 is 9.53 Å². The summed E-state index contributed by atoms with van der Waals surface area (Å²) in [5, 5.41) is 13.6. The first-order valence-electron chi connectivity index (χ1n) is 5.89. The molecule has 0 saturated carbocycles. The Balaban J connectivity index is 2.49. The highest BCUT2D eigenvalue weighted by Crippen LogP contribution is 2.21. The summed E-state index contributed by atoms with van der Waals surface area (Å²) in [6.07, 6.45) is 2.33. The third-order valence-electron chi connectivity index (χ3n) is 2.19. The molecule has 0 aliphatic carbocycles. The van der Waals surface area contributed by atoms with Crippen LogP contribution in [0.4, 0.5) is 0 Å². The van der Waals surface area contributed by atoms with Crippen LogP contribution in [0, 0.1) is 11.3 Å². The SMILES string of the molecule is CCOCCCNC(=O)/C(C#N)=C/c1cc(Br)cs1. The maximum absolute atomic E-state index is 11.8. The highest BCUT2D eigenvalue weighted by Gasteiger charge is 2.08. The number of nitriles is 1. The van der Waals surface area contributed by atoms with Crippen LogP contribution in [0.3, 0.4) is 0 Å². The van der Waals surface area contributed by atoms with E-state index in [1.54, 1.807) is 6.08 Å². The first-order valence-corrected chi connectivity index (χ1v) is 7.56. The normalized spacial score (nSPS) is 11.1. The van der Waals surface area contributed by atoms with E-state index >= 15 is 0 Å². The molecule has 4 nitrogen and oxygen atoms in total. The average Bonchev–Trinajstić information content (AvgIpc) is 2.81. The molecule has 1 rings (SSSR count). The van der Waals surface area contributed by atoms with Crippen molar-refractivity contribution in [1.29, 1.82) is 5.26 Å². The molecule has 19 heavy (non-hydrogen) atoms. The second-order valence-corrected chi connectivity index (χ2v) is 5.50. The van der Waals surface area contributed by atoms with Gasteiger partial charge in [0.15, 0.2) is 0 Å². The van der Waals surface area contributed by atoms with Crippen LogP contribution in [0.5, 0.6) is 0 Å². The Labute approximate surface area is 125 Å². The zero-order chi connectivity index (χ0) is 14.1. The summed E-state index contributed by atoms with van der Waals surface area (Å²) in [5.41, 5.74) is 0.116. The van der Waals surface area contributed by atoms with Crippen molar-refractivity contribution in [3.8, 4) is 6.07 Å². The van der Waals surface area contributed by atoms with Gasteiger partial charge in [0.2, 0.25) is 0 Å². The maximum atomic E-state index is 11.8. The first kappa shape index (κ1) is 15.9. The van der Waals surface area contributed by atoms with Crippen LogP contribution in [0.2, 0.25) is 0 Å². The van der Waals surface area contributed by atoms with Crippen LogP contribution in [-0.4, -0.2) is 25.7 Å². The van der Waals surface area contributed by atoms with E-state index < -0.39 is 0 Å². The smallest absolute Gasteiger partial charge is 0.261 e. The van der Waals surface area contributed by atoms with Gasteiger partial charge in [0.05, 0.1) is 0 Å². The quantitative estimate of drug-likeness (QED) is 0.470. The molecular formula is C13H15BrN2O2S. The predicted octanol–water partition coefficient (Wildman–Crippen LogP) is 2.96. The Hall–Kier alpha value is -1.16. The van der Waals surface area contributed by atoms with Crippen LogP contribution in [0.15, 0.2) is 21.5 Å². The molecule has 0 atom stereocenters. The Morgan fingerprint density at radius 3 is 3.05 bits per heavy atom. The van der Waals surface area contributed by atoms with Crippen molar-refractivity contribution in [2.24, 2.45) is 0 Å². The number of thiophene rings is 1. The number of nitrogens with one attached hydrogen (secondary N) is 1. The number of carbonyl (C=O) groups is 1. The summed E-state index contributed by atoms with van der Waals surface area (Å²) >= 11 is 4.80. The van der Waals surface area contributed by atoms with Crippen LogP contribution in [0.25, 0.3) is 6.08 Å². The van der Waals surface area contributed by atoms with Crippen molar-refractivity contribution in [2.45, 2.75) is 13.3 Å². The molecule has 0 spiro atoms. The van der Waals surface area contributed by atoms with E-state index in [1.807, 2.05) is 24.4 Å². The van der Waals surface area contributed by atoms with Gasteiger partial charge in [-0.15, -0.1) is 11.3 Å². The summed E-state index contributed by atoms with van der Waals surface area (Å²) in [6, 6.07) is 3.79. The Morgan fingerprint density at radius 2 is 2.47 bits per heavy atom. The number of carbonyl (C=O) groups excluding carboxylic acids is 1. The second kappa shape index (κ2) is 8.86. The molecule has 0 aliphatic heterocycles. The van der Waals surface area contributed by atoms with Crippen LogP contribution in [0.1, 0.15) is 18.2 Å². The maximum Gasteiger partial charge on any atom is 0.261 e. The molecule has 0 fully saturated rings. The molecule has 0 saturated heterocycles. The number of halogens is 1. The molecule has 1 amide bonds. The van der Waals surface area contributed by atoms with Crippen LogP contribution < -0.4 is 5.32 Å². The molecule has 0 radical (unpaired) electrons. The summed E-state index contributed by atoms with van der Waals surface area (Å²) in [7, 11) is 0. The monoisotopic (exact) mass is 342 g/mol. The number of nitrogens with zero attached hydrogens (tertiary/aromatic N) is 1. The molecule has 1 heterocycles. The van der Waals surface area contributed by atoms with Gasteiger partial charge in [-0.05, 0) is 41.4 Å². The van der Waals surface area contributed by atoms with Crippen molar-refractivity contribution >= 4 is 39.2 Å². The summed E-state index contributed by atoms with van der Waals surface area (Å²) < 4.78 is 6.11. The first-order chi connectivity index (χ1) is 9.17. The summed E-state index contributed by atoms with van der Waals surface area (Å²) in [5.74, 6) is -0.344. The molecule has 0 bridgehead atoms. The van der Waals surface area contributed by atoms with Crippen molar-refractivity contribution in [3.05, 3.63) is 26.4 Å². The van der Waals surface area contributed by atoms with Gasteiger partial charge in [0, 0.05) is 34.5 Å². The molecule has 1 aromatic rings. The van der Waals surface area contributed by atoms with Gasteiger partial charge in [0.1, 0.15) is 11.6 Å². The summed E-state index contributed by atoms with van der Waals surface area (Å²) in [4.78, 5) is 12.6. The number of hydrogen-bond acceptors (Lipinski definition) is 4. The summed E-state index contributed by atoms with van der Waals surface area (Å²) in [6.45, 7) is 3.71. The fraction of sp³-hybridized carbons (Fsp3) is 0.385. The lowest BCUT2D eigenvalue weighted by molar-refractivity contribution is -0.117. The van der Waals surface area contributed by atoms with Gasteiger partial charge < -0.3 is 10.1 Å². The number of rotatable bonds is 7. The molecule has 1 aromatic heterocycles. The van der Waals surface area contributed by atoms with Gasteiger partial charge in [-0.25, -0.2) is 0 Å². The molecule has 6 heteroatoms. The number of amides is 1. The molecule has 102 valence electrons. The van der Waals surface area contributed by atoms with E-state index in [1.165, 1.54) is 11.3 Å². The van der Waals surface area contributed by atoms with Gasteiger partial charge in [-0.3, -0.25) is 4.79 Å². The zero-order valence-electron chi connectivity index (χ0n) is 10.6. The second-order valence-electron chi connectivity index (χ2n) is 3.64. The molecule has 0 aliphatic rings. The lowest BCUT2D eigenvalue weighted by atomic mass is 10.2. The fourth-order valence-corrected chi connectivity index (χ4v) is 2.69. The lowest BCUT2D eigenvalue weighted by Gasteiger charge is -2.04. The van der Waals surface area contributed by atoms with Gasteiger partial charge in [-0.2, -0.15) is 5.26 Å². The van der Waals surface area contributed by atoms with Crippen LogP contribution >= 0.6 is 27.3 Å². The molecule has 0 unspecified atom stereocenters. The minimum Gasteiger partial charge on any atom is -0.382 e. The number of ether oxygens (including phenoxy) is 1. The van der Waals surface area contributed by atoms with E-state index in [-0.39, 0.29) is 11.5 Å². The largest absolute Gasteiger partial charge is 0.382 e. The van der Waals surface area contributed by atoms with Gasteiger partial charge in [-0.1, -0.05) is 0 Å². The third-order valence-corrected chi connectivity index (χ3v) is 3.84. The average molecular weight is 343 g/mol. The fourth-order valence-electron chi connectivity index (χ4n) is 1.31.